The van der Waals surface area contributed by atoms with Crippen LogP contribution in [-0.2, 0) is 14.3 Å². The van der Waals surface area contributed by atoms with Gasteiger partial charge in [0, 0.05) is 6.20 Å². The second-order valence-corrected chi connectivity index (χ2v) is 6.90. The minimum absolute atomic E-state index is 0.0865. The summed E-state index contributed by atoms with van der Waals surface area (Å²) in [6.07, 6.45) is -7.18. The standard InChI is InChI=1S/C16H27N7O8/c1-19-4-8(25)20-6(5-24)14(29)22-9-10(26)11(27)15(31-12(9)13(18)28)23-3-2-7(17)21-16(23)30/h2-3,6,9-12,14-15,19,22,24,26-27,29H,4-5H2,1H3,(H2,18,28)(H,20,25)(H2,17,21,30). The SMILES string of the molecule is CNCC(=O)NC(CO)C(O)NC1C(C(N)=O)OC(n2ccc(N)nc2=O)C(O)C1O. The molecule has 7 unspecified atom stereocenters. The molecule has 1 aromatic heterocycles. The van der Waals surface area contributed by atoms with Gasteiger partial charge in [0.05, 0.1) is 25.2 Å². The third-order valence-corrected chi connectivity index (χ3v) is 4.65. The first-order valence-electron chi connectivity index (χ1n) is 9.25. The largest absolute Gasteiger partial charge is 0.394 e. The topological polar surface area (TPSA) is 247 Å². The zero-order valence-corrected chi connectivity index (χ0v) is 16.6. The number of carbonyl (C=O) groups excluding carboxylic acids is 2. The average molecular weight is 445 g/mol. The zero-order chi connectivity index (χ0) is 23.3. The Labute approximate surface area is 176 Å². The number of nitrogens with one attached hydrogen (secondary N) is 3. The average Bonchev–Trinajstić information content (AvgIpc) is 2.70. The number of ether oxygens (including phenoxy) is 1. The van der Waals surface area contributed by atoms with E-state index in [2.05, 4.69) is 20.9 Å². The van der Waals surface area contributed by atoms with Gasteiger partial charge in [-0.25, -0.2) is 4.79 Å². The Balaban J connectivity index is 2.23. The molecule has 7 atom stereocenters. The number of primary amides is 1. The fourth-order valence-corrected chi connectivity index (χ4v) is 3.11. The zero-order valence-electron chi connectivity index (χ0n) is 16.6. The second kappa shape index (κ2) is 10.6. The molecule has 0 bridgehead atoms. The summed E-state index contributed by atoms with van der Waals surface area (Å²) in [4.78, 5) is 39.2. The van der Waals surface area contributed by atoms with Gasteiger partial charge in [0.1, 0.15) is 24.3 Å². The van der Waals surface area contributed by atoms with Gasteiger partial charge < -0.3 is 47.3 Å². The lowest BCUT2D eigenvalue weighted by molar-refractivity contribution is -0.216. The highest BCUT2D eigenvalue weighted by Gasteiger charge is 2.48. The van der Waals surface area contributed by atoms with Crippen LogP contribution in [0.5, 0.6) is 0 Å². The number of aliphatic hydroxyl groups excluding tert-OH is 4. The molecule has 31 heavy (non-hydrogen) atoms. The van der Waals surface area contributed by atoms with Gasteiger partial charge in [-0.05, 0) is 13.1 Å². The van der Waals surface area contributed by atoms with Gasteiger partial charge in [0.15, 0.2) is 12.3 Å². The maximum Gasteiger partial charge on any atom is 0.351 e. The molecule has 1 aliphatic heterocycles. The molecular weight excluding hydrogens is 418 g/mol. The van der Waals surface area contributed by atoms with Crippen LogP contribution >= 0.6 is 0 Å². The van der Waals surface area contributed by atoms with Crippen LogP contribution < -0.4 is 33.1 Å². The normalized spacial score (nSPS) is 28.0. The Morgan fingerprint density at radius 3 is 2.58 bits per heavy atom. The molecule has 0 spiro atoms. The van der Waals surface area contributed by atoms with Crippen molar-refractivity contribution in [3.63, 3.8) is 0 Å². The molecule has 0 aromatic carbocycles. The number of carbonyl (C=O) groups is 2. The Bertz CT molecular complexity index is 836. The number of nitrogens with zero attached hydrogens (tertiary/aromatic N) is 2. The van der Waals surface area contributed by atoms with Crippen molar-refractivity contribution in [3.8, 4) is 0 Å². The number of rotatable bonds is 9. The molecule has 174 valence electrons. The van der Waals surface area contributed by atoms with Crippen LogP contribution in [0.3, 0.4) is 0 Å². The van der Waals surface area contributed by atoms with Crippen LogP contribution in [0.15, 0.2) is 17.1 Å². The van der Waals surface area contributed by atoms with Crippen LogP contribution in [0, 0.1) is 0 Å². The van der Waals surface area contributed by atoms with Crippen molar-refractivity contribution in [2.24, 2.45) is 5.73 Å². The molecule has 2 rings (SSSR count). The van der Waals surface area contributed by atoms with Gasteiger partial charge in [0.2, 0.25) is 11.8 Å². The van der Waals surface area contributed by atoms with Crippen molar-refractivity contribution >= 4 is 17.6 Å². The lowest BCUT2D eigenvalue weighted by Gasteiger charge is -2.43. The number of aliphatic hydroxyl groups is 4. The third kappa shape index (κ3) is 5.73. The van der Waals surface area contributed by atoms with Crippen LogP contribution in [0.25, 0.3) is 0 Å². The van der Waals surface area contributed by atoms with E-state index in [-0.39, 0.29) is 12.4 Å². The number of amides is 2. The number of anilines is 1. The van der Waals surface area contributed by atoms with Crippen LogP contribution in [0.4, 0.5) is 5.82 Å². The van der Waals surface area contributed by atoms with E-state index in [4.69, 9.17) is 16.2 Å². The van der Waals surface area contributed by atoms with Crippen molar-refractivity contribution in [2.75, 3.05) is 25.9 Å². The molecule has 2 amide bonds. The van der Waals surface area contributed by atoms with Gasteiger partial charge in [0.25, 0.3) is 0 Å². The summed E-state index contributed by atoms with van der Waals surface area (Å²) in [6, 6.07) is -1.43. The Morgan fingerprint density at radius 2 is 2.03 bits per heavy atom. The Hall–Kier alpha value is -2.66. The molecule has 0 aliphatic carbocycles. The van der Waals surface area contributed by atoms with Crippen LogP contribution in [-0.4, -0.2) is 98.6 Å². The lowest BCUT2D eigenvalue weighted by Crippen LogP contribution is -2.68. The number of aromatic nitrogens is 2. The summed E-state index contributed by atoms with van der Waals surface area (Å²) in [6.45, 7) is -0.778. The van der Waals surface area contributed by atoms with E-state index in [1.165, 1.54) is 13.1 Å². The molecule has 2 heterocycles. The molecule has 11 N–H and O–H groups in total. The number of likely N-dealkylation sites (N-methyl/N-ethyl adjacent to an activating group) is 1. The van der Waals surface area contributed by atoms with Crippen molar-refractivity contribution in [1.29, 1.82) is 0 Å². The molecule has 1 aliphatic rings. The fourth-order valence-electron chi connectivity index (χ4n) is 3.11. The number of nitrogen functional groups attached to an aromatic ring is 1. The highest BCUT2D eigenvalue weighted by molar-refractivity contribution is 5.80. The van der Waals surface area contributed by atoms with E-state index in [9.17, 15) is 34.8 Å². The molecule has 15 heteroatoms. The maximum atomic E-state index is 12.1. The molecule has 0 radical (unpaired) electrons. The molecule has 0 saturated carbocycles. The predicted octanol–water partition coefficient (Wildman–Crippen LogP) is -6.10. The van der Waals surface area contributed by atoms with Gasteiger partial charge in [-0.15, -0.1) is 0 Å². The summed E-state index contributed by atoms with van der Waals surface area (Å²) in [5.74, 6) is -1.70. The van der Waals surface area contributed by atoms with Crippen molar-refractivity contribution < 1.29 is 34.8 Å². The summed E-state index contributed by atoms with van der Waals surface area (Å²) < 4.78 is 6.27. The van der Waals surface area contributed by atoms with E-state index < -0.39 is 67.0 Å². The molecule has 1 saturated heterocycles. The third-order valence-electron chi connectivity index (χ3n) is 4.65. The number of hydrogen-bond acceptors (Lipinski definition) is 12. The van der Waals surface area contributed by atoms with Crippen LogP contribution in [0.1, 0.15) is 6.23 Å². The monoisotopic (exact) mass is 445 g/mol. The fraction of sp³-hybridized carbons (Fsp3) is 0.625. The van der Waals surface area contributed by atoms with Crippen molar-refractivity contribution in [1.82, 2.24) is 25.5 Å². The smallest absolute Gasteiger partial charge is 0.351 e. The van der Waals surface area contributed by atoms with Crippen molar-refractivity contribution in [3.05, 3.63) is 22.7 Å². The highest BCUT2D eigenvalue weighted by Crippen LogP contribution is 2.28. The van der Waals surface area contributed by atoms with Crippen LogP contribution in [0.2, 0.25) is 0 Å². The van der Waals surface area contributed by atoms with Gasteiger partial charge >= 0.3 is 5.69 Å². The summed E-state index contributed by atoms with van der Waals surface area (Å²) >= 11 is 0. The Kier molecular flexibility index (Phi) is 8.40. The Morgan fingerprint density at radius 1 is 1.35 bits per heavy atom. The minimum Gasteiger partial charge on any atom is -0.394 e. The first-order chi connectivity index (χ1) is 14.6. The summed E-state index contributed by atoms with van der Waals surface area (Å²) in [7, 11) is 1.52. The molecule has 1 aromatic rings. The maximum absolute atomic E-state index is 12.1. The molecular formula is C16H27N7O8. The van der Waals surface area contributed by atoms with Gasteiger partial charge in [-0.3, -0.25) is 19.5 Å². The van der Waals surface area contributed by atoms with E-state index in [1.54, 1.807) is 0 Å². The van der Waals surface area contributed by atoms with Gasteiger partial charge in [-0.1, -0.05) is 0 Å². The molecule has 15 nitrogen and oxygen atoms in total. The van der Waals surface area contributed by atoms with E-state index in [1.807, 2.05) is 0 Å². The minimum atomic E-state index is -1.76. The lowest BCUT2D eigenvalue weighted by atomic mass is 9.94. The second-order valence-electron chi connectivity index (χ2n) is 6.90. The van der Waals surface area contributed by atoms with E-state index in [0.29, 0.717) is 0 Å². The van der Waals surface area contributed by atoms with E-state index >= 15 is 0 Å². The van der Waals surface area contributed by atoms with E-state index in [0.717, 1.165) is 10.8 Å². The first kappa shape index (κ1) is 24.6. The summed E-state index contributed by atoms with van der Waals surface area (Å²) in [5, 5.41) is 48.2. The highest BCUT2D eigenvalue weighted by atomic mass is 16.5. The predicted molar refractivity (Wildman–Crippen MR) is 104 cm³/mol. The number of hydrogen-bond donors (Lipinski definition) is 9. The number of nitrogens with two attached hydrogens (primary N) is 2. The first-order valence-corrected chi connectivity index (χ1v) is 9.25. The van der Waals surface area contributed by atoms with Crippen molar-refractivity contribution in [2.45, 2.75) is 42.9 Å². The summed E-state index contributed by atoms with van der Waals surface area (Å²) in [5.41, 5.74) is 9.86. The van der Waals surface area contributed by atoms with Gasteiger partial charge in [-0.2, -0.15) is 4.98 Å². The molecule has 1 fully saturated rings. The quantitative estimate of drug-likeness (QED) is 0.161.